The Morgan fingerprint density at radius 2 is 2.16 bits per heavy atom. The quantitative estimate of drug-likeness (QED) is 0.909. The van der Waals surface area contributed by atoms with Crippen molar-refractivity contribution in [1.29, 1.82) is 0 Å². The smallest absolute Gasteiger partial charge is 0.0429 e. The predicted molar refractivity (Wildman–Crippen MR) is 83.1 cm³/mol. The summed E-state index contributed by atoms with van der Waals surface area (Å²) in [5.41, 5.74) is 3.10. The van der Waals surface area contributed by atoms with Crippen molar-refractivity contribution in [3.8, 4) is 0 Å². The lowest BCUT2D eigenvalue weighted by molar-refractivity contribution is 0.588. The van der Waals surface area contributed by atoms with Gasteiger partial charge in [0.25, 0.3) is 0 Å². The highest BCUT2D eigenvalue weighted by Gasteiger charge is 2.22. The monoisotopic (exact) mass is 287 g/mol. The highest BCUT2D eigenvalue weighted by atomic mass is 32.2. The fourth-order valence-electron chi connectivity index (χ4n) is 3.03. The van der Waals surface area contributed by atoms with Gasteiger partial charge in [-0.25, -0.2) is 0 Å². The van der Waals surface area contributed by atoms with Crippen molar-refractivity contribution in [3.63, 3.8) is 0 Å². The molecule has 1 N–H and O–H groups in total. The minimum atomic E-state index is 0.526. The highest BCUT2D eigenvalue weighted by Crippen LogP contribution is 2.38. The van der Waals surface area contributed by atoms with Crippen LogP contribution in [-0.2, 0) is 19.4 Å². The first-order chi connectivity index (χ1) is 9.40. The lowest BCUT2D eigenvalue weighted by Crippen LogP contribution is -2.20. The van der Waals surface area contributed by atoms with Crippen LogP contribution < -0.4 is 5.32 Å². The highest BCUT2D eigenvalue weighted by molar-refractivity contribution is 7.99. The lowest BCUT2D eigenvalue weighted by Gasteiger charge is -2.12. The third kappa shape index (κ3) is 2.24. The van der Waals surface area contributed by atoms with Gasteiger partial charge in [0.1, 0.15) is 0 Å². The van der Waals surface area contributed by atoms with Crippen molar-refractivity contribution in [1.82, 2.24) is 5.32 Å². The summed E-state index contributed by atoms with van der Waals surface area (Å²) in [6, 6.07) is 11.7. The summed E-state index contributed by atoms with van der Waals surface area (Å²) in [7, 11) is 0. The molecule has 4 rings (SSSR count). The second kappa shape index (κ2) is 4.97. The van der Waals surface area contributed by atoms with Gasteiger partial charge in [0.2, 0.25) is 0 Å². The van der Waals surface area contributed by atoms with E-state index < -0.39 is 0 Å². The summed E-state index contributed by atoms with van der Waals surface area (Å²) in [6.07, 6.45) is 3.97. The van der Waals surface area contributed by atoms with Gasteiger partial charge in [0.15, 0.2) is 0 Å². The van der Waals surface area contributed by atoms with Crippen molar-refractivity contribution in [2.24, 2.45) is 0 Å². The first-order valence-corrected chi connectivity index (χ1v) is 8.76. The van der Waals surface area contributed by atoms with Crippen molar-refractivity contribution in [3.05, 3.63) is 51.2 Å². The standard InChI is InChI=1S/C16H17NS2/c1-2-6-16-13(5-1)14(10-18-16)17-9-12-8-11-4-3-7-15(11)19-12/h1-2,5-6,8,14,17H,3-4,7,9-10H2. The Balaban J connectivity index is 1.45. The molecule has 2 aliphatic rings. The Hall–Kier alpha value is -0.770. The second-order valence-corrected chi connectivity index (χ2v) is 7.58. The molecular weight excluding hydrogens is 270 g/mol. The zero-order valence-corrected chi connectivity index (χ0v) is 12.4. The van der Waals surface area contributed by atoms with E-state index in [1.54, 1.807) is 10.4 Å². The van der Waals surface area contributed by atoms with Crippen LogP contribution in [-0.4, -0.2) is 5.75 Å². The molecule has 98 valence electrons. The largest absolute Gasteiger partial charge is 0.304 e. The predicted octanol–water partition coefficient (Wildman–Crippen LogP) is 4.17. The van der Waals surface area contributed by atoms with Crippen LogP contribution in [0, 0.1) is 0 Å². The Labute approximate surface area is 122 Å². The van der Waals surface area contributed by atoms with Crippen molar-refractivity contribution in [2.45, 2.75) is 36.7 Å². The Morgan fingerprint density at radius 1 is 1.21 bits per heavy atom. The maximum absolute atomic E-state index is 3.73. The van der Waals surface area contributed by atoms with E-state index in [4.69, 9.17) is 0 Å². The Kier molecular flexibility index (Phi) is 3.14. The van der Waals surface area contributed by atoms with Gasteiger partial charge in [0.05, 0.1) is 0 Å². The van der Waals surface area contributed by atoms with Crippen molar-refractivity contribution in [2.75, 3.05) is 5.75 Å². The van der Waals surface area contributed by atoms with Crippen molar-refractivity contribution >= 4 is 23.1 Å². The number of hydrogen-bond acceptors (Lipinski definition) is 3. The number of fused-ring (bicyclic) bond motifs is 2. The van der Waals surface area contributed by atoms with Gasteiger partial charge in [-0.15, -0.1) is 23.1 Å². The Morgan fingerprint density at radius 3 is 3.11 bits per heavy atom. The molecule has 1 aliphatic heterocycles. The van der Waals surface area contributed by atoms with Crippen molar-refractivity contribution < 1.29 is 0 Å². The van der Waals surface area contributed by atoms with Gasteiger partial charge < -0.3 is 5.32 Å². The molecule has 2 aromatic rings. The first kappa shape index (κ1) is 12.0. The molecule has 1 aromatic carbocycles. The van der Waals surface area contributed by atoms with Crippen LogP contribution in [0.25, 0.3) is 0 Å². The van der Waals surface area contributed by atoms with Crippen LogP contribution in [0.1, 0.15) is 33.3 Å². The van der Waals surface area contributed by atoms with E-state index in [0.717, 1.165) is 6.54 Å². The first-order valence-electron chi connectivity index (χ1n) is 6.96. The second-order valence-electron chi connectivity index (χ2n) is 5.30. The number of rotatable bonds is 3. The number of thioether (sulfide) groups is 1. The topological polar surface area (TPSA) is 12.0 Å². The molecule has 0 bridgehead atoms. The molecule has 19 heavy (non-hydrogen) atoms. The van der Waals surface area contributed by atoms with E-state index in [1.165, 1.54) is 40.4 Å². The molecule has 2 heterocycles. The fourth-order valence-corrected chi connectivity index (χ4v) is 5.44. The normalized spacial score (nSPS) is 20.5. The molecule has 1 unspecified atom stereocenters. The molecule has 1 aromatic heterocycles. The van der Waals surface area contributed by atoms with Gasteiger partial charge in [-0.2, -0.15) is 0 Å². The van der Waals surface area contributed by atoms with E-state index in [1.807, 2.05) is 23.1 Å². The van der Waals surface area contributed by atoms with Gasteiger partial charge in [0, 0.05) is 33.0 Å². The summed E-state index contributed by atoms with van der Waals surface area (Å²) in [5, 5.41) is 3.73. The van der Waals surface area contributed by atoms with Crippen LogP contribution in [0.15, 0.2) is 35.2 Å². The van der Waals surface area contributed by atoms with E-state index in [-0.39, 0.29) is 0 Å². The number of hydrogen-bond donors (Lipinski definition) is 1. The van der Waals surface area contributed by atoms with Crippen LogP contribution >= 0.6 is 23.1 Å². The van der Waals surface area contributed by atoms with E-state index in [9.17, 15) is 0 Å². The number of benzene rings is 1. The molecule has 0 radical (unpaired) electrons. The molecule has 0 spiro atoms. The van der Waals surface area contributed by atoms with E-state index >= 15 is 0 Å². The van der Waals surface area contributed by atoms with E-state index in [0.29, 0.717) is 6.04 Å². The molecule has 0 fully saturated rings. The SMILES string of the molecule is c1ccc2c(c1)SCC2NCc1cc2c(s1)CCC2. The minimum absolute atomic E-state index is 0.526. The van der Waals surface area contributed by atoms with Crippen LogP contribution in [0.5, 0.6) is 0 Å². The summed E-state index contributed by atoms with van der Waals surface area (Å²) < 4.78 is 0. The average molecular weight is 287 g/mol. The minimum Gasteiger partial charge on any atom is -0.304 e. The number of nitrogens with one attached hydrogen (secondary N) is 1. The van der Waals surface area contributed by atoms with Gasteiger partial charge >= 0.3 is 0 Å². The van der Waals surface area contributed by atoms with Gasteiger partial charge in [-0.1, -0.05) is 18.2 Å². The molecular formula is C16H17NS2. The molecule has 0 amide bonds. The molecule has 1 nitrogen and oxygen atoms in total. The maximum atomic E-state index is 3.73. The molecule has 1 atom stereocenters. The molecule has 0 saturated carbocycles. The third-order valence-corrected chi connectivity index (χ3v) is 6.44. The molecule has 0 saturated heterocycles. The number of aryl methyl sites for hydroxylation is 2. The lowest BCUT2D eigenvalue weighted by atomic mass is 10.1. The number of thiophene rings is 1. The van der Waals surface area contributed by atoms with E-state index in [2.05, 4.69) is 35.6 Å². The molecule has 3 heteroatoms. The summed E-state index contributed by atoms with van der Waals surface area (Å²) in [4.78, 5) is 4.60. The zero-order valence-electron chi connectivity index (χ0n) is 10.8. The van der Waals surface area contributed by atoms with Gasteiger partial charge in [-0.05, 0) is 42.5 Å². The Bertz CT molecular complexity index is 581. The van der Waals surface area contributed by atoms with Crippen LogP contribution in [0.3, 0.4) is 0 Å². The van der Waals surface area contributed by atoms with Crippen LogP contribution in [0.4, 0.5) is 0 Å². The zero-order chi connectivity index (χ0) is 12.7. The third-order valence-electron chi connectivity index (χ3n) is 4.02. The fraction of sp³-hybridized carbons (Fsp3) is 0.375. The molecule has 1 aliphatic carbocycles. The van der Waals surface area contributed by atoms with Crippen LogP contribution in [0.2, 0.25) is 0 Å². The summed E-state index contributed by atoms with van der Waals surface area (Å²) in [6.45, 7) is 1.03. The maximum Gasteiger partial charge on any atom is 0.0429 e. The summed E-state index contributed by atoms with van der Waals surface area (Å²) >= 11 is 3.99. The average Bonchev–Trinajstić information content (AvgIpc) is 3.10. The van der Waals surface area contributed by atoms with Gasteiger partial charge in [-0.3, -0.25) is 0 Å². The summed E-state index contributed by atoms with van der Waals surface area (Å²) in [5.74, 6) is 1.17.